The maximum Gasteiger partial charge on any atom is 0.233 e. The molecule has 128 valence electrons. The van der Waals surface area contributed by atoms with Gasteiger partial charge >= 0.3 is 0 Å². The number of methoxy groups -OCH3 is 1. The van der Waals surface area contributed by atoms with Gasteiger partial charge in [0, 0.05) is 25.7 Å². The van der Waals surface area contributed by atoms with Crippen molar-refractivity contribution in [1.29, 1.82) is 0 Å². The first-order valence-corrected chi connectivity index (χ1v) is 8.89. The van der Waals surface area contributed by atoms with Gasteiger partial charge < -0.3 is 4.74 Å². The fourth-order valence-electron chi connectivity index (χ4n) is 4.78. The minimum atomic E-state index is -0.137. The fraction of sp³-hybridized carbons (Fsp3) is 0.833. The lowest BCUT2D eigenvalue weighted by Crippen LogP contribution is -2.43. The number of ether oxygens (including phenoxy) is 1. The van der Waals surface area contributed by atoms with E-state index in [-0.39, 0.29) is 41.4 Å². The molecule has 0 bridgehead atoms. The second-order valence-corrected chi connectivity index (χ2v) is 7.51. The second-order valence-electron chi connectivity index (χ2n) is 7.51. The lowest BCUT2D eigenvalue weighted by Gasteiger charge is -2.32. The Morgan fingerprint density at radius 3 is 2.30 bits per heavy atom. The van der Waals surface area contributed by atoms with Crippen molar-refractivity contribution in [3.05, 3.63) is 0 Å². The van der Waals surface area contributed by atoms with Crippen molar-refractivity contribution in [2.75, 3.05) is 13.7 Å². The molecule has 3 fully saturated rings. The van der Waals surface area contributed by atoms with Crippen LogP contribution in [0.1, 0.15) is 51.9 Å². The molecule has 0 aromatic heterocycles. The number of ketones is 1. The number of Topliss-reactive ketones (excluding diaryl/α,β-unsaturated/α-hetero) is 1. The van der Waals surface area contributed by atoms with Crippen molar-refractivity contribution < 1.29 is 19.1 Å². The van der Waals surface area contributed by atoms with Gasteiger partial charge in [0.25, 0.3) is 0 Å². The van der Waals surface area contributed by atoms with Gasteiger partial charge in [-0.3, -0.25) is 19.3 Å². The van der Waals surface area contributed by atoms with Crippen LogP contribution in [0.15, 0.2) is 0 Å². The molecular formula is C18H27NO4. The number of amides is 2. The predicted molar refractivity (Wildman–Crippen MR) is 84.5 cm³/mol. The van der Waals surface area contributed by atoms with E-state index in [1.807, 2.05) is 0 Å². The summed E-state index contributed by atoms with van der Waals surface area (Å²) in [4.78, 5) is 38.6. The number of carbonyl (C=O) groups is 3. The molecule has 5 heteroatoms. The van der Waals surface area contributed by atoms with Gasteiger partial charge in [0.1, 0.15) is 5.78 Å². The van der Waals surface area contributed by atoms with Crippen molar-refractivity contribution in [2.24, 2.45) is 23.7 Å². The molecule has 2 saturated carbocycles. The van der Waals surface area contributed by atoms with Crippen LogP contribution >= 0.6 is 0 Å². The third-order valence-electron chi connectivity index (χ3n) is 6.11. The van der Waals surface area contributed by atoms with Crippen molar-refractivity contribution in [3.63, 3.8) is 0 Å². The van der Waals surface area contributed by atoms with Gasteiger partial charge in [-0.1, -0.05) is 0 Å². The highest BCUT2D eigenvalue weighted by molar-refractivity contribution is 6.05. The number of hydrogen-bond acceptors (Lipinski definition) is 4. The average Bonchev–Trinajstić information content (AvgIpc) is 2.79. The van der Waals surface area contributed by atoms with E-state index in [2.05, 4.69) is 0 Å². The highest BCUT2D eigenvalue weighted by Gasteiger charge is 2.52. The van der Waals surface area contributed by atoms with Gasteiger partial charge in [-0.15, -0.1) is 0 Å². The molecule has 2 amide bonds. The van der Waals surface area contributed by atoms with Gasteiger partial charge in [0.2, 0.25) is 11.8 Å². The third-order valence-corrected chi connectivity index (χ3v) is 6.11. The lowest BCUT2D eigenvalue weighted by molar-refractivity contribution is -0.143. The molecule has 3 aliphatic rings. The predicted octanol–water partition coefficient (Wildman–Crippen LogP) is 2.18. The van der Waals surface area contributed by atoms with Crippen LogP contribution in [0.4, 0.5) is 0 Å². The zero-order valence-electron chi connectivity index (χ0n) is 14.1. The fourth-order valence-corrected chi connectivity index (χ4v) is 4.78. The van der Waals surface area contributed by atoms with Gasteiger partial charge in [-0.25, -0.2) is 0 Å². The standard InChI is InChI=1S/C18H27NO4/c1-11(20)13-4-6-14(7-5-13)19-17(21)15-8-3-12(10-23-2)9-16(15)18(19)22/h12-16H,3-10H2,1-2H3. The smallest absolute Gasteiger partial charge is 0.233 e. The van der Waals surface area contributed by atoms with Crippen LogP contribution < -0.4 is 0 Å². The normalized spacial score (nSPS) is 37.8. The highest BCUT2D eigenvalue weighted by atomic mass is 16.5. The summed E-state index contributed by atoms with van der Waals surface area (Å²) in [6.45, 7) is 2.32. The number of nitrogens with zero attached hydrogens (tertiary/aromatic N) is 1. The lowest BCUT2D eigenvalue weighted by atomic mass is 9.75. The van der Waals surface area contributed by atoms with E-state index < -0.39 is 0 Å². The molecule has 1 aliphatic heterocycles. The molecule has 3 rings (SSSR count). The van der Waals surface area contributed by atoms with E-state index in [1.54, 1.807) is 18.9 Å². The zero-order valence-corrected chi connectivity index (χ0v) is 14.1. The van der Waals surface area contributed by atoms with E-state index in [0.29, 0.717) is 12.5 Å². The zero-order chi connectivity index (χ0) is 16.6. The van der Waals surface area contributed by atoms with Crippen LogP contribution in [-0.4, -0.2) is 42.3 Å². The summed E-state index contributed by atoms with van der Waals surface area (Å²) in [6, 6.07) is 0.0112. The molecule has 2 aliphatic carbocycles. The Morgan fingerprint density at radius 1 is 1.04 bits per heavy atom. The summed E-state index contributed by atoms with van der Waals surface area (Å²) < 4.78 is 5.23. The third kappa shape index (κ3) is 3.08. The number of imide groups is 1. The number of rotatable bonds is 4. The van der Waals surface area contributed by atoms with E-state index in [4.69, 9.17) is 4.74 Å². The summed E-state index contributed by atoms with van der Waals surface area (Å²) in [5, 5.41) is 0. The minimum Gasteiger partial charge on any atom is -0.384 e. The first-order chi connectivity index (χ1) is 11.0. The quantitative estimate of drug-likeness (QED) is 0.745. The van der Waals surface area contributed by atoms with Gasteiger partial charge in [-0.05, 0) is 57.8 Å². The Hall–Kier alpha value is -1.23. The van der Waals surface area contributed by atoms with Crippen molar-refractivity contribution >= 4 is 17.6 Å². The molecule has 1 saturated heterocycles. The highest BCUT2D eigenvalue weighted by Crippen LogP contribution is 2.43. The summed E-state index contributed by atoms with van der Waals surface area (Å²) in [7, 11) is 1.69. The molecule has 0 aromatic rings. The summed E-state index contributed by atoms with van der Waals surface area (Å²) in [6.07, 6.45) is 5.73. The van der Waals surface area contributed by atoms with Crippen LogP contribution in [0.5, 0.6) is 0 Å². The van der Waals surface area contributed by atoms with E-state index in [0.717, 1.165) is 44.9 Å². The van der Waals surface area contributed by atoms with Crippen LogP contribution in [0.2, 0.25) is 0 Å². The Labute approximate surface area is 137 Å². The molecule has 0 N–H and O–H groups in total. The van der Waals surface area contributed by atoms with E-state index in [9.17, 15) is 14.4 Å². The first kappa shape index (κ1) is 16.6. The van der Waals surface area contributed by atoms with Crippen LogP contribution in [-0.2, 0) is 19.1 Å². The van der Waals surface area contributed by atoms with Gasteiger partial charge in [-0.2, -0.15) is 0 Å². The molecule has 23 heavy (non-hydrogen) atoms. The minimum absolute atomic E-state index is 0.0112. The molecule has 3 atom stereocenters. The van der Waals surface area contributed by atoms with E-state index >= 15 is 0 Å². The number of fused-ring (bicyclic) bond motifs is 1. The summed E-state index contributed by atoms with van der Waals surface area (Å²) >= 11 is 0. The van der Waals surface area contributed by atoms with Crippen LogP contribution in [0.25, 0.3) is 0 Å². The summed E-state index contributed by atoms with van der Waals surface area (Å²) in [5.74, 6) is 0.578. The first-order valence-electron chi connectivity index (χ1n) is 8.89. The van der Waals surface area contributed by atoms with Gasteiger partial charge in [0.05, 0.1) is 11.8 Å². The monoisotopic (exact) mass is 321 g/mol. The van der Waals surface area contributed by atoms with E-state index in [1.165, 1.54) is 0 Å². The number of hydrogen-bond donors (Lipinski definition) is 0. The molecule has 0 radical (unpaired) electrons. The Kier molecular flexibility index (Phi) is 4.85. The molecule has 0 spiro atoms. The van der Waals surface area contributed by atoms with Crippen LogP contribution in [0, 0.1) is 23.7 Å². The second kappa shape index (κ2) is 6.71. The Balaban J connectivity index is 1.67. The van der Waals surface area contributed by atoms with Crippen LogP contribution in [0.3, 0.4) is 0 Å². The van der Waals surface area contributed by atoms with Crippen molar-refractivity contribution in [3.8, 4) is 0 Å². The summed E-state index contributed by atoms with van der Waals surface area (Å²) in [5.41, 5.74) is 0. The molecule has 5 nitrogen and oxygen atoms in total. The number of likely N-dealkylation sites (tertiary alicyclic amines) is 1. The van der Waals surface area contributed by atoms with Crippen molar-refractivity contribution in [1.82, 2.24) is 4.90 Å². The maximum atomic E-state index is 12.8. The molecule has 1 heterocycles. The number of carbonyl (C=O) groups excluding carboxylic acids is 3. The maximum absolute atomic E-state index is 12.8. The molecule has 3 unspecified atom stereocenters. The SMILES string of the molecule is COCC1CCC2C(=O)N(C3CCC(C(C)=O)CC3)C(=O)C2C1. The van der Waals surface area contributed by atoms with Gasteiger partial charge in [0.15, 0.2) is 0 Å². The van der Waals surface area contributed by atoms with Crippen molar-refractivity contribution in [2.45, 2.75) is 57.9 Å². The molecular weight excluding hydrogens is 294 g/mol. The Morgan fingerprint density at radius 2 is 1.70 bits per heavy atom. The topological polar surface area (TPSA) is 63.7 Å². The molecule has 0 aromatic carbocycles. The Bertz CT molecular complexity index is 495. The average molecular weight is 321 g/mol. The largest absolute Gasteiger partial charge is 0.384 e.